The number of carbonyl (C=O) groups is 2. The monoisotopic (exact) mass is 304 g/mol. The first kappa shape index (κ1) is 16.5. The second-order valence-electron chi connectivity index (χ2n) is 5.98. The lowest BCUT2D eigenvalue weighted by atomic mass is 10.00. The second kappa shape index (κ2) is 7.40. The van der Waals surface area contributed by atoms with Crippen LogP contribution in [-0.2, 0) is 4.74 Å². The summed E-state index contributed by atoms with van der Waals surface area (Å²) in [6.07, 6.45) is 3.22. The van der Waals surface area contributed by atoms with Crippen LogP contribution in [0.3, 0.4) is 0 Å². The van der Waals surface area contributed by atoms with E-state index in [0.717, 1.165) is 32.4 Å². The van der Waals surface area contributed by atoms with Crippen LogP contribution >= 0.6 is 0 Å². The Bertz CT molecular complexity index is 542. The van der Waals surface area contributed by atoms with Crippen molar-refractivity contribution < 1.29 is 14.3 Å². The average molecular weight is 304 g/mol. The number of benzene rings is 1. The van der Waals surface area contributed by atoms with Crippen molar-refractivity contribution in [3.63, 3.8) is 0 Å². The van der Waals surface area contributed by atoms with Gasteiger partial charge in [0.05, 0.1) is 12.7 Å². The maximum Gasteiger partial charge on any atom is 0.337 e. The first-order chi connectivity index (χ1) is 10.5. The summed E-state index contributed by atoms with van der Waals surface area (Å²) in [6.45, 7) is 1.64. The predicted molar refractivity (Wildman–Crippen MR) is 85.0 cm³/mol. The fraction of sp³-hybridized carbons (Fsp3) is 0.529. The lowest BCUT2D eigenvalue weighted by Crippen LogP contribution is -2.48. The molecule has 1 atom stereocenters. The molecule has 1 aliphatic rings. The molecule has 2 rings (SSSR count). The number of likely N-dealkylation sites (tertiary alicyclic amines) is 1. The summed E-state index contributed by atoms with van der Waals surface area (Å²) >= 11 is 0. The highest BCUT2D eigenvalue weighted by molar-refractivity contribution is 5.98. The molecule has 0 aromatic heterocycles. The number of methoxy groups -OCH3 is 1. The topological polar surface area (TPSA) is 49.9 Å². The number of rotatable bonds is 4. The van der Waals surface area contributed by atoms with Gasteiger partial charge >= 0.3 is 5.97 Å². The van der Waals surface area contributed by atoms with Crippen LogP contribution in [0.4, 0.5) is 0 Å². The third kappa shape index (κ3) is 3.85. The highest BCUT2D eigenvalue weighted by atomic mass is 16.5. The zero-order chi connectivity index (χ0) is 16.1. The zero-order valence-corrected chi connectivity index (χ0v) is 13.5. The van der Waals surface area contributed by atoms with Gasteiger partial charge < -0.3 is 14.5 Å². The first-order valence-electron chi connectivity index (χ1n) is 7.67. The van der Waals surface area contributed by atoms with Gasteiger partial charge in [0.2, 0.25) is 0 Å². The number of esters is 1. The van der Waals surface area contributed by atoms with Gasteiger partial charge in [0.15, 0.2) is 0 Å². The van der Waals surface area contributed by atoms with Crippen LogP contribution in [-0.4, -0.2) is 62.0 Å². The lowest BCUT2D eigenvalue weighted by molar-refractivity contribution is 0.0574. The van der Waals surface area contributed by atoms with Gasteiger partial charge in [-0.3, -0.25) is 4.79 Å². The molecule has 0 radical (unpaired) electrons. The van der Waals surface area contributed by atoms with Crippen LogP contribution in [0.5, 0.6) is 0 Å². The third-order valence-electron chi connectivity index (χ3n) is 3.99. The molecule has 1 aromatic rings. The van der Waals surface area contributed by atoms with E-state index in [4.69, 9.17) is 4.74 Å². The molecule has 1 heterocycles. The molecule has 0 spiro atoms. The van der Waals surface area contributed by atoms with Gasteiger partial charge in [-0.25, -0.2) is 4.79 Å². The van der Waals surface area contributed by atoms with Crippen LogP contribution < -0.4 is 0 Å². The number of likely N-dealkylation sites (N-methyl/N-ethyl adjacent to an activating group) is 1. The van der Waals surface area contributed by atoms with Crippen molar-refractivity contribution >= 4 is 11.9 Å². The van der Waals surface area contributed by atoms with Gasteiger partial charge in [-0.05, 0) is 51.6 Å². The maximum atomic E-state index is 12.8. The van der Waals surface area contributed by atoms with E-state index in [-0.39, 0.29) is 11.9 Å². The molecule has 5 heteroatoms. The Balaban J connectivity index is 2.20. The molecular weight excluding hydrogens is 280 g/mol. The SMILES string of the molecule is COC(=O)c1cccc(C(=O)N2CCCCC2CN(C)C)c1. The number of amides is 1. The van der Waals surface area contributed by atoms with E-state index in [0.29, 0.717) is 11.1 Å². The largest absolute Gasteiger partial charge is 0.465 e. The van der Waals surface area contributed by atoms with Crippen molar-refractivity contribution in [2.75, 3.05) is 34.3 Å². The van der Waals surface area contributed by atoms with Gasteiger partial charge in [0.25, 0.3) is 5.91 Å². The van der Waals surface area contributed by atoms with E-state index in [1.165, 1.54) is 7.11 Å². The van der Waals surface area contributed by atoms with Crippen LogP contribution in [0.2, 0.25) is 0 Å². The van der Waals surface area contributed by atoms with Crippen LogP contribution in [0.1, 0.15) is 40.0 Å². The standard InChI is InChI=1S/C17H24N2O3/c1-18(2)12-15-9-4-5-10-19(15)16(20)13-7-6-8-14(11-13)17(21)22-3/h6-8,11,15H,4-5,9-10,12H2,1-3H3. The van der Waals surface area contributed by atoms with Gasteiger partial charge in [0, 0.05) is 24.7 Å². The number of nitrogens with zero attached hydrogens (tertiary/aromatic N) is 2. The van der Waals surface area contributed by atoms with Crippen molar-refractivity contribution in [2.45, 2.75) is 25.3 Å². The molecule has 0 aliphatic carbocycles. The lowest BCUT2D eigenvalue weighted by Gasteiger charge is -2.37. The Hall–Kier alpha value is -1.88. The fourth-order valence-corrected chi connectivity index (χ4v) is 2.94. The normalized spacial score (nSPS) is 18.4. The van der Waals surface area contributed by atoms with Gasteiger partial charge in [-0.2, -0.15) is 0 Å². The Labute approximate surface area is 131 Å². The van der Waals surface area contributed by atoms with Gasteiger partial charge in [-0.15, -0.1) is 0 Å². The van der Waals surface area contributed by atoms with Crippen LogP contribution in [0.25, 0.3) is 0 Å². The minimum absolute atomic E-state index is 0.00250. The quantitative estimate of drug-likeness (QED) is 0.799. The van der Waals surface area contributed by atoms with Crippen molar-refractivity contribution in [1.29, 1.82) is 0 Å². The number of piperidine rings is 1. The second-order valence-corrected chi connectivity index (χ2v) is 5.98. The minimum Gasteiger partial charge on any atom is -0.465 e. The van der Waals surface area contributed by atoms with Crippen LogP contribution in [0.15, 0.2) is 24.3 Å². The number of hydrogen-bond acceptors (Lipinski definition) is 4. The van der Waals surface area contributed by atoms with Crippen molar-refractivity contribution in [3.8, 4) is 0 Å². The Morgan fingerprint density at radius 1 is 1.27 bits per heavy atom. The molecule has 0 bridgehead atoms. The van der Waals surface area contributed by atoms with Crippen molar-refractivity contribution in [1.82, 2.24) is 9.80 Å². The molecular formula is C17H24N2O3. The van der Waals surface area contributed by atoms with E-state index in [9.17, 15) is 9.59 Å². The zero-order valence-electron chi connectivity index (χ0n) is 13.5. The Morgan fingerprint density at radius 2 is 2.00 bits per heavy atom. The molecule has 1 fully saturated rings. The molecule has 0 saturated carbocycles. The van der Waals surface area contributed by atoms with E-state index < -0.39 is 5.97 Å². The molecule has 1 amide bonds. The number of carbonyl (C=O) groups excluding carboxylic acids is 2. The Kier molecular flexibility index (Phi) is 5.55. The fourth-order valence-electron chi connectivity index (χ4n) is 2.94. The smallest absolute Gasteiger partial charge is 0.337 e. The molecule has 1 saturated heterocycles. The first-order valence-corrected chi connectivity index (χ1v) is 7.67. The van der Waals surface area contributed by atoms with Crippen molar-refractivity contribution in [3.05, 3.63) is 35.4 Å². The summed E-state index contributed by atoms with van der Waals surface area (Å²) < 4.78 is 4.72. The molecule has 0 N–H and O–H groups in total. The highest BCUT2D eigenvalue weighted by Crippen LogP contribution is 2.21. The summed E-state index contributed by atoms with van der Waals surface area (Å²) in [6, 6.07) is 7.00. The Morgan fingerprint density at radius 3 is 2.68 bits per heavy atom. The number of ether oxygens (including phenoxy) is 1. The molecule has 1 aromatic carbocycles. The highest BCUT2D eigenvalue weighted by Gasteiger charge is 2.28. The van der Waals surface area contributed by atoms with E-state index in [1.54, 1.807) is 24.3 Å². The van der Waals surface area contributed by atoms with E-state index in [1.807, 2.05) is 19.0 Å². The molecule has 1 unspecified atom stereocenters. The molecule has 22 heavy (non-hydrogen) atoms. The molecule has 1 aliphatic heterocycles. The average Bonchev–Trinajstić information content (AvgIpc) is 2.53. The van der Waals surface area contributed by atoms with Crippen molar-refractivity contribution in [2.24, 2.45) is 0 Å². The molecule has 5 nitrogen and oxygen atoms in total. The van der Waals surface area contributed by atoms with E-state index in [2.05, 4.69) is 4.90 Å². The van der Waals surface area contributed by atoms with E-state index >= 15 is 0 Å². The van der Waals surface area contributed by atoms with Gasteiger partial charge in [0.1, 0.15) is 0 Å². The molecule has 120 valence electrons. The summed E-state index contributed by atoms with van der Waals surface area (Å²) in [5.41, 5.74) is 0.961. The summed E-state index contributed by atoms with van der Waals surface area (Å²) in [7, 11) is 5.39. The predicted octanol–water partition coefficient (Wildman–Crippen LogP) is 2.03. The summed E-state index contributed by atoms with van der Waals surface area (Å²) in [5, 5.41) is 0. The maximum absolute atomic E-state index is 12.8. The van der Waals surface area contributed by atoms with Gasteiger partial charge in [-0.1, -0.05) is 6.07 Å². The summed E-state index contributed by atoms with van der Waals surface area (Å²) in [5.74, 6) is -0.421. The van der Waals surface area contributed by atoms with Crippen LogP contribution in [0, 0.1) is 0 Å². The third-order valence-corrected chi connectivity index (χ3v) is 3.99. The minimum atomic E-state index is -0.418. The summed E-state index contributed by atoms with van der Waals surface area (Å²) in [4.78, 5) is 28.5. The number of hydrogen-bond donors (Lipinski definition) is 0.